The Morgan fingerprint density at radius 1 is 1.22 bits per heavy atom. The lowest BCUT2D eigenvalue weighted by Gasteiger charge is -2.36. The zero-order valence-corrected chi connectivity index (χ0v) is 15.8. The van der Waals surface area contributed by atoms with Crippen LogP contribution in [0.1, 0.15) is 36.7 Å². The number of amides is 2. The van der Waals surface area contributed by atoms with E-state index >= 15 is 0 Å². The van der Waals surface area contributed by atoms with Crippen molar-refractivity contribution < 1.29 is 19.4 Å². The molecular weight excluding hydrogens is 366 g/mol. The lowest BCUT2D eigenvalue weighted by atomic mass is 9.86. The van der Waals surface area contributed by atoms with Gasteiger partial charge in [-0.2, -0.15) is 0 Å². The second kappa shape index (κ2) is 7.82. The summed E-state index contributed by atoms with van der Waals surface area (Å²) in [6, 6.07) is 7.69. The molecule has 8 heteroatoms. The van der Waals surface area contributed by atoms with Gasteiger partial charge in [0.1, 0.15) is 11.0 Å². The first-order valence-corrected chi connectivity index (χ1v) is 10.2. The van der Waals surface area contributed by atoms with Crippen LogP contribution in [0.15, 0.2) is 24.3 Å². The molecular formula is C19H23N3O4S. The molecule has 2 amide bonds. The zero-order chi connectivity index (χ0) is 18.8. The molecule has 7 nitrogen and oxygen atoms in total. The van der Waals surface area contributed by atoms with E-state index in [1.165, 1.54) is 0 Å². The number of fused-ring (bicyclic) bond motifs is 1. The Kier molecular flexibility index (Phi) is 5.27. The van der Waals surface area contributed by atoms with E-state index in [1.807, 2.05) is 29.2 Å². The minimum atomic E-state index is -0.733. The van der Waals surface area contributed by atoms with E-state index < -0.39 is 5.97 Å². The van der Waals surface area contributed by atoms with Crippen molar-refractivity contribution in [1.82, 2.24) is 15.2 Å². The maximum absolute atomic E-state index is 12.9. The van der Waals surface area contributed by atoms with Crippen LogP contribution in [-0.4, -0.2) is 52.8 Å². The molecule has 2 aliphatic rings. The lowest BCUT2D eigenvalue weighted by Crippen LogP contribution is -2.51. The van der Waals surface area contributed by atoms with Crippen LogP contribution in [0, 0.1) is 5.92 Å². The van der Waals surface area contributed by atoms with Crippen LogP contribution < -0.4 is 5.32 Å². The fraction of sp³-hybridized carbons (Fsp3) is 0.526. The molecule has 1 aromatic carbocycles. The van der Waals surface area contributed by atoms with Crippen molar-refractivity contribution in [2.75, 3.05) is 19.8 Å². The Balaban J connectivity index is 1.44. The second-order valence-electron chi connectivity index (χ2n) is 7.14. The number of benzene rings is 1. The molecule has 0 bridgehead atoms. The van der Waals surface area contributed by atoms with Gasteiger partial charge in [0.2, 0.25) is 0 Å². The Bertz CT molecular complexity index is 798. The third-order valence-electron chi connectivity index (χ3n) is 5.39. The van der Waals surface area contributed by atoms with Crippen LogP contribution in [0.2, 0.25) is 0 Å². The molecule has 1 atom stereocenters. The summed E-state index contributed by atoms with van der Waals surface area (Å²) in [5.74, 6) is -1.01. The number of carbonyl (C=O) groups is 2. The first-order valence-electron chi connectivity index (χ1n) is 9.35. The molecule has 2 fully saturated rings. The zero-order valence-electron chi connectivity index (χ0n) is 15.0. The van der Waals surface area contributed by atoms with Gasteiger partial charge in [-0.15, -0.1) is 11.3 Å². The van der Waals surface area contributed by atoms with Gasteiger partial charge in [0, 0.05) is 12.6 Å². The van der Waals surface area contributed by atoms with Gasteiger partial charge in [-0.05, 0) is 37.8 Å². The highest BCUT2D eigenvalue weighted by Crippen LogP contribution is 2.32. The number of nitrogens with one attached hydrogen (secondary N) is 1. The summed E-state index contributed by atoms with van der Waals surface area (Å²) in [7, 11) is 0. The van der Waals surface area contributed by atoms with Crippen LogP contribution in [0.4, 0.5) is 4.79 Å². The lowest BCUT2D eigenvalue weighted by molar-refractivity contribution is -0.142. The van der Waals surface area contributed by atoms with Gasteiger partial charge in [0.15, 0.2) is 0 Å². The Hall–Kier alpha value is -2.19. The number of nitrogens with zero attached hydrogens (tertiary/aromatic N) is 2. The van der Waals surface area contributed by atoms with Crippen molar-refractivity contribution in [3.63, 3.8) is 0 Å². The predicted octanol–water partition coefficient (Wildman–Crippen LogP) is 3.02. The van der Waals surface area contributed by atoms with E-state index in [0.717, 1.165) is 15.2 Å². The van der Waals surface area contributed by atoms with Crippen molar-refractivity contribution in [2.24, 2.45) is 5.92 Å². The number of carbonyl (C=O) groups excluding carboxylic acids is 1. The van der Waals surface area contributed by atoms with Crippen molar-refractivity contribution in [3.05, 3.63) is 29.3 Å². The molecule has 1 unspecified atom stereocenters. The Morgan fingerprint density at radius 2 is 2.00 bits per heavy atom. The number of aromatic nitrogens is 1. The number of carboxylic acids is 1. The molecule has 1 saturated carbocycles. The van der Waals surface area contributed by atoms with Crippen molar-refractivity contribution >= 4 is 33.6 Å². The number of hydrogen-bond donors (Lipinski definition) is 2. The van der Waals surface area contributed by atoms with E-state index in [0.29, 0.717) is 45.4 Å². The molecule has 1 aliphatic heterocycles. The molecule has 2 heterocycles. The van der Waals surface area contributed by atoms with Crippen LogP contribution in [0.5, 0.6) is 0 Å². The van der Waals surface area contributed by atoms with Crippen LogP contribution in [0.3, 0.4) is 0 Å². The maximum atomic E-state index is 12.9. The van der Waals surface area contributed by atoms with Gasteiger partial charge in [-0.3, -0.25) is 4.79 Å². The Labute approximate surface area is 161 Å². The normalized spacial score (nSPS) is 26.1. The topological polar surface area (TPSA) is 91.8 Å². The molecule has 0 radical (unpaired) electrons. The smallest absolute Gasteiger partial charge is 0.318 e. The Morgan fingerprint density at radius 3 is 2.74 bits per heavy atom. The summed E-state index contributed by atoms with van der Waals surface area (Å²) in [6.45, 7) is 1.48. The number of thiazole rings is 1. The minimum absolute atomic E-state index is 0.0342. The number of para-hydroxylation sites is 1. The first kappa shape index (κ1) is 18.2. The summed E-state index contributed by atoms with van der Waals surface area (Å²) in [6.07, 6.45) is 2.65. The molecule has 1 saturated heterocycles. The number of aliphatic carboxylic acids is 1. The average Bonchev–Trinajstić information content (AvgIpc) is 3.12. The summed E-state index contributed by atoms with van der Waals surface area (Å²) in [5, 5.41) is 13.1. The number of morpholine rings is 1. The monoisotopic (exact) mass is 389 g/mol. The van der Waals surface area contributed by atoms with E-state index in [1.54, 1.807) is 11.3 Å². The molecule has 0 spiro atoms. The fourth-order valence-electron chi connectivity index (χ4n) is 3.83. The van der Waals surface area contributed by atoms with Crippen LogP contribution >= 0.6 is 11.3 Å². The number of hydrogen-bond acceptors (Lipinski definition) is 5. The van der Waals surface area contributed by atoms with E-state index in [2.05, 4.69) is 5.32 Å². The fourth-order valence-corrected chi connectivity index (χ4v) is 4.89. The summed E-state index contributed by atoms with van der Waals surface area (Å²) in [4.78, 5) is 30.5. The minimum Gasteiger partial charge on any atom is -0.481 e. The molecule has 2 aromatic rings. The first-order chi connectivity index (χ1) is 13.1. The molecule has 1 aliphatic carbocycles. The molecule has 27 heavy (non-hydrogen) atoms. The maximum Gasteiger partial charge on any atom is 0.318 e. The SMILES string of the molecule is O=C(O)C1CCC(NC(=O)N2CCOCC2c2nc3ccccc3s2)CC1. The number of ether oxygens (including phenoxy) is 1. The van der Waals surface area contributed by atoms with Gasteiger partial charge < -0.3 is 20.1 Å². The standard InChI is InChI=1S/C19H23N3O4S/c23-18(24)12-5-7-13(8-6-12)20-19(25)22-9-10-26-11-15(22)17-21-14-3-1-2-4-16(14)27-17/h1-4,12-13,15H,5-11H2,(H,20,25)(H,23,24). The summed E-state index contributed by atoms with van der Waals surface area (Å²) in [5.41, 5.74) is 0.940. The highest BCUT2D eigenvalue weighted by atomic mass is 32.1. The van der Waals surface area contributed by atoms with E-state index in [4.69, 9.17) is 14.8 Å². The van der Waals surface area contributed by atoms with E-state index in [-0.39, 0.29) is 24.0 Å². The van der Waals surface area contributed by atoms with Crippen molar-refractivity contribution in [3.8, 4) is 0 Å². The summed E-state index contributed by atoms with van der Waals surface area (Å²) >= 11 is 1.60. The highest BCUT2D eigenvalue weighted by molar-refractivity contribution is 7.18. The molecule has 2 N–H and O–H groups in total. The molecule has 1 aromatic heterocycles. The quantitative estimate of drug-likeness (QED) is 0.842. The van der Waals surface area contributed by atoms with Crippen LogP contribution in [-0.2, 0) is 9.53 Å². The van der Waals surface area contributed by atoms with Gasteiger partial charge >= 0.3 is 12.0 Å². The van der Waals surface area contributed by atoms with Gasteiger partial charge in [-0.1, -0.05) is 12.1 Å². The number of urea groups is 1. The molecule has 4 rings (SSSR count). The third kappa shape index (κ3) is 3.91. The highest BCUT2D eigenvalue weighted by Gasteiger charge is 2.33. The predicted molar refractivity (Wildman–Crippen MR) is 102 cm³/mol. The largest absolute Gasteiger partial charge is 0.481 e. The summed E-state index contributed by atoms with van der Waals surface area (Å²) < 4.78 is 6.73. The number of rotatable bonds is 3. The number of carboxylic acid groups (broad SMARTS) is 1. The van der Waals surface area contributed by atoms with Gasteiger partial charge in [0.25, 0.3) is 0 Å². The van der Waals surface area contributed by atoms with Crippen molar-refractivity contribution in [2.45, 2.75) is 37.8 Å². The van der Waals surface area contributed by atoms with Gasteiger partial charge in [-0.25, -0.2) is 9.78 Å². The average molecular weight is 389 g/mol. The van der Waals surface area contributed by atoms with E-state index in [9.17, 15) is 9.59 Å². The third-order valence-corrected chi connectivity index (χ3v) is 6.53. The molecule has 144 valence electrons. The van der Waals surface area contributed by atoms with Crippen LogP contribution in [0.25, 0.3) is 10.2 Å². The second-order valence-corrected chi connectivity index (χ2v) is 8.20. The van der Waals surface area contributed by atoms with Crippen molar-refractivity contribution in [1.29, 1.82) is 0 Å². The van der Waals surface area contributed by atoms with Gasteiger partial charge in [0.05, 0.1) is 29.3 Å².